The summed E-state index contributed by atoms with van der Waals surface area (Å²) in [6, 6.07) is 4.85. The largest absolute Gasteiger partial charge is 0.250 e. The van der Waals surface area contributed by atoms with E-state index in [4.69, 9.17) is 0 Å². The first-order chi connectivity index (χ1) is 11.4. The number of thiophene rings is 2. The van der Waals surface area contributed by atoms with Crippen molar-refractivity contribution in [2.45, 2.75) is 21.9 Å². The van der Waals surface area contributed by atoms with E-state index in [1.54, 1.807) is 34.3 Å². The summed E-state index contributed by atoms with van der Waals surface area (Å²) in [5.74, 6) is -0.0260. The highest BCUT2D eigenvalue weighted by Gasteiger charge is 2.31. The molecule has 2 aromatic rings. The molecular formula is C14H18N2O4S4. The molecule has 6 nitrogen and oxygen atoms in total. The number of nitrogens with one attached hydrogen (secondary N) is 1. The standard InChI is InChI=1S/C14H18N2O4S4/c17-23(18,14-4-2-7-22-14)15-9-12-3-1-6-16(10-12)24(19,20)13-5-8-21-11-13/h2,4-5,7-8,11-12,15H,1,3,6,9-10H2. The van der Waals surface area contributed by atoms with Crippen molar-refractivity contribution in [1.82, 2.24) is 9.03 Å². The Labute approximate surface area is 150 Å². The number of rotatable bonds is 6. The van der Waals surface area contributed by atoms with E-state index in [9.17, 15) is 16.8 Å². The van der Waals surface area contributed by atoms with Crippen LogP contribution in [0.5, 0.6) is 0 Å². The SMILES string of the molecule is O=S(=O)(NCC1CCCN(S(=O)(=O)c2ccsc2)C1)c1cccs1. The van der Waals surface area contributed by atoms with Crippen LogP contribution in [0.4, 0.5) is 0 Å². The summed E-state index contributed by atoms with van der Waals surface area (Å²) in [6.07, 6.45) is 1.54. The molecule has 0 radical (unpaired) electrons. The van der Waals surface area contributed by atoms with Crippen molar-refractivity contribution in [3.63, 3.8) is 0 Å². The summed E-state index contributed by atoms with van der Waals surface area (Å²) in [4.78, 5) is 0.312. The highest BCUT2D eigenvalue weighted by Crippen LogP contribution is 2.25. The van der Waals surface area contributed by atoms with Gasteiger partial charge in [0.15, 0.2) is 0 Å². The summed E-state index contributed by atoms with van der Waals surface area (Å²) >= 11 is 2.51. The quantitative estimate of drug-likeness (QED) is 0.797. The Hall–Kier alpha value is -0.780. The van der Waals surface area contributed by atoms with Crippen LogP contribution in [-0.2, 0) is 20.0 Å². The van der Waals surface area contributed by atoms with Crippen molar-refractivity contribution in [2.75, 3.05) is 19.6 Å². The smallest absolute Gasteiger partial charge is 0.210 e. The molecule has 0 aliphatic carbocycles. The van der Waals surface area contributed by atoms with Gasteiger partial charge in [-0.05, 0) is 41.7 Å². The second-order valence-electron chi connectivity index (χ2n) is 5.61. The minimum atomic E-state index is -3.51. The molecule has 0 aromatic carbocycles. The molecule has 0 amide bonds. The fourth-order valence-electron chi connectivity index (χ4n) is 2.67. The Morgan fingerprint density at radius 1 is 1.21 bits per heavy atom. The Bertz CT molecular complexity index is 858. The molecule has 3 heterocycles. The van der Waals surface area contributed by atoms with E-state index in [0.29, 0.717) is 18.0 Å². The van der Waals surface area contributed by atoms with Gasteiger partial charge in [-0.15, -0.1) is 11.3 Å². The molecule has 132 valence electrons. The zero-order chi connectivity index (χ0) is 17.2. The molecule has 1 N–H and O–H groups in total. The minimum Gasteiger partial charge on any atom is -0.210 e. The predicted molar refractivity (Wildman–Crippen MR) is 95.3 cm³/mol. The van der Waals surface area contributed by atoms with Crippen LogP contribution in [0.25, 0.3) is 0 Å². The average Bonchev–Trinajstić information content (AvgIpc) is 3.26. The zero-order valence-corrected chi connectivity index (χ0v) is 16.1. The topological polar surface area (TPSA) is 83.6 Å². The van der Waals surface area contributed by atoms with E-state index in [1.807, 2.05) is 0 Å². The molecule has 24 heavy (non-hydrogen) atoms. The van der Waals surface area contributed by atoms with Crippen LogP contribution < -0.4 is 4.72 Å². The summed E-state index contributed by atoms with van der Waals surface area (Å²) in [5, 5.41) is 5.08. The molecule has 3 rings (SSSR count). The molecule has 0 bridgehead atoms. The fourth-order valence-corrected chi connectivity index (χ4v) is 7.40. The lowest BCUT2D eigenvalue weighted by Crippen LogP contribution is -2.43. The van der Waals surface area contributed by atoms with Gasteiger partial charge in [-0.3, -0.25) is 0 Å². The van der Waals surface area contributed by atoms with Crippen LogP contribution in [0.1, 0.15) is 12.8 Å². The third-order valence-electron chi connectivity index (χ3n) is 3.94. The predicted octanol–water partition coefficient (Wildman–Crippen LogP) is 2.19. The molecule has 1 unspecified atom stereocenters. The first-order valence-corrected chi connectivity index (χ1v) is 12.2. The number of hydrogen-bond acceptors (Lipinski definition) is 6. The monoisotopic (exact) mass is 406 g/mol. The maximum atomic E-state index is 12.6. The van der Waals surface area contributed by atoms with Crippen LogP contribution in [0.15, 0.2) is 43.4 Å². The van der Waals surface area contributed by atoms with Crippen molar-refractivity contribution in [2.24, 2.45) is 5.92 Å². The van der Waals surface area contributed by atoms with Crippen LogP contribution in [0, 0.1) is 5.92 Å². The van der Waals surface area contributed by atoms with E-state index in [-0.39, 0.29) is 16.7 Å². The lowest BCUT2D eigenvalue weighted by molar-refractivity contribution is 0.267. The minimum absolute atomic E-state index is 0.0260. The van der Waals surface area contributed by atoms with Crippen LogP contribution in [0.2, 0.25) is 0 Å². The molecule has 0 saturated carbocycles. The van der Waals surface area contributed by atoms with Crippen molar-refractivity contribution >= 4 is 42.7 Å². The zero-order valence-electron chi connectivity index (χ0n) is 12.8. The molecular weight excluding hydrogens is 388 g/mol. The molecule has 1 aliphatic rings. The number of piperidine rings is 1. The lowest BCUT2D eigenvalue weighted by Gasteiger charge is -2.31. The van der Waals surface area contributed by atoms with Gasteiger partial charge in [0.05, 0.1) is 4.90 Å². The summed E-state index contributed by atoms with van der Waals surface area (Å²) in [6.45, 7) is 1.06. The number of hydrogen-bond donors (Lipinski definition) is 1. The second-order valence-corrected chi connectivity index (χ2v) is 11.3. The van der Waals surface area contributed by atoms with Gasteiger partial charge in [0, 0.05) is 25.0 Å². The van der Waals surface area contributed by atoms with E-state index in [0.717, 1.165) is 24.2 Å². The maximum absolute atomic E-state index is 12.6. The van der Waals surface area contributed by atoms with Gasteiger partial charge < -0.3 is 0 Å². The first-order valence-electron chi connectivity index (χ1n) is 7.45. The molecule has 0 spiro atoms. The highest BCUT2D eigenvalue weighted by molar-refractivity contribution is 7.91. The highest BCUT2D eigenvalue weighted by atomic mass is 32.2. The van der Waals surface area contributed by atoms with Crippen molar-refractivity contribution in [3.8, 4) is 0 Å². The second kappa shape index (κ2) is 7.22. The van der Waals surface area contributed by atoms with Crippen LogP contribution in [-0.4, -0.2) is 40.8 Å². The van der Waals surface area contributed by atoms with E-state index >= 15 is 0 Å². The maximum Gasteiger partial charge on any atom is 0.250 e. The molecule has 10 heteroatoms. The lowest BCUT2D eigenvalue weighted by atomic mass is 10.0. The van der Waals surface area contributed by atoms with Crippen LogP contribution >= 0.6 is 22.7 Å². The van der Waals surface area contributed by atoms with Gasteiger partial charge in [-0.2, -0.15) is 15.6 Å². The molecule has 2 aromatic heterocycles. The van der Waals surface area contributed by atoms with Crippen molar-refractivity contribution < 1.29 is 16.8 Å². The normalized spacial score (nSPS) is 20.2. The van der Waals surface area contributed by atoms with Gasteiger partial charge in [0.1, 0.15) is 4.21 Å². The van der Waals surface area contributed by atoms with E-state index in [1.165, 1.54) is 15.6 Å². The third-order valence-corrected chi connectivity index (χ3v) is 9.45. The van der Waals surface area contributed by atoms with Gasteiger partial charge >= 0.3 is 0 Å². The summed E-state index contributed by atoms with van der Waals surface area (Å²) < 4.78 is 53.8. The van der Waals surface area contributed by atoms with Gasteiger partial charge in [0.2, 0.25) is 20.0 Å². The Balaban J connectivity index is 1.64. The first kappa shape index (κ1) is 18.0. The Morgan fingerprint density at radius 3 is 2.71 bits per heavy atom. The van der Waals surface area contributed by atoms with Crippen LogP contribution in [0.3, 0.4) is 0 Å². The van der Waals surface area contributed by atoms with Crippen molar-refractivity contribution in [3.05, 3.63) is 34.3 Å². The molecule has 1 atom stereocenters. The third kappa shape index (κ3) is 3.89. The summed E-state index contributed by atoms with van der Waals surface area (Å²) in [7, 11) is -6.99. The van der Waals surface area contributed by atoms with Gasteiger partial charge in [-0.1, -0.05) is 6.07 Å². The number of nitrogens with zero attached hydrogens (tertiary/aromatic N) is 1. The Kier molecular flexibility index (Phi) is 5.42. The fraction of sp³-hybridized carbons (Fsp3) is 0.429. The van der Waals surface area contributed by atoms with Gasteiger partial charge in [-0.25, -0.2) is 21.6 Å². The van der Waals surface area contributed by atoms with E-state index < -0.39 is 20.0 Å². The molecule has 1 aliphatic heterocycles. The van der Waals surface area contributed by atoms with Crippen molar-refractivity contribution in [1.29, 1.82) is 0 Å². The van der Waals surface area contributed by atoms with E-state index in [2.05, 4.69) is 4.72 Å². The average molecular weight is 407 g/mol. The molecule has 1 fully saturated rings. The summed E-state index contributed by atoms with van der Waals surface area (Å²) in [5.41, 5.74) is 0. The number of sulfonamides is 2. The Morgan fingerprint density at radius 2 is 2.04 bits per heavy atom. The van der Waals surface area contributed by atoms with Gasteiger partial charge in [0.25, 0.3) is 0 Å². The molecule has 1 saturated heterocycles.